The molecule has 0 aromatic carbocycles. The van der Waals surface area contributed by atoms with E-state index in [2.05, 4.69) is 0 Å². The molecule has 0 radical (unpaired) electrons. The number of carbonyl (C=O) groups is 3. The van der Waals surface area contributed by atoms with Crippen LogP contribution in [0.15, 0.2) is 0 Å². The number of carboxylic acids is 1. The van der Waals surface area contributed by atoms with E-state index in [0.29, 0.717) is 6.42 Å². The highest BCUT2D eigenvalue weighted by molar-refractivity contribution is 5.89. The van der Waals surface area contributed by atoms with Gasteiger partial charge >= 0.3 is 17.9 Å². The van der Waals surface area contributed by atoms with Gasteiger partial charge in [0, 0.05) is 0 Å². The van der Waals surface area contributed by atoms with Crippen LogP contribution in [-0.4, -0.2) is 45.9 Å². The van der Waals surface area contributed by atoms with E-state index in [1.165, 1.54) is 0 Å². The average molecular weight is 304 g/mol. The zero-order valence-electron chi connectivity index (χ0n) is 13.0. The lowest BCUT2D eigenvalue weighted by molar-refractivity contribution is -0.176. The number of rotatable bonds is 8. The Kier molecular flexibility index (Phi) is 7.35. The zero-order valence-corrected chi connectivity index (χ0v) is 13.0. The number of carbonyl (C=O) groups excluding carboxylic acids is 2. The first-order valence-corrected chi connectivity index (χ1v) is 6.83. The number of aliphatic hydroxyl groups is 1. The van der Waals surface area contributed by atoms with Crippen molar-refractivity contribution in [3.63, 3.8) is 0 Å². The molecule has 1 atom stereocenters. The van der Waals surface area contributed by atoms with Gasteiger partial charge in [-0.1, -0.05) is 13.3 Å². The Morgan fingerprint density at radius 2 is 1.57 bits per heavy atom. The van der Waals surface area contributed by atoms with Crippen LogP contribution in [0.4, 0.5) is 0 Å². The van der Waals surface area contributed by atoms with Crippen molar-refractivity contribution in [1.82, 2.24) is 0 Å². The van der Waals surface area contributed by atoms with Crippen LogP contribution in [-0.2, 0) is 23.9 Å². The van der Waals surface area contributed by atoms with E-state index in [4.69, 9.17) is 14.6 Å². The lowest BCUT2D eigenvalue weighted by Crippen LogP contribution is -2.44. The van der Waals surface area contributed by atoms with Crippen molar-refractivity contribution in [3.05, 3.63) is 0 Å². The van der Waals surface area contributed by atoms with Gasteiger partial charge in [0.05, 0.1) is 19.4 Å². The topological polar surface area (TPSA) is 110 Å². The van der Waals surface area contributed by atoms with Gasteiger partial charge in [0.25, 0.3) is 0 Å². The van der Waals surface area contributed by atoms with Gasteiger partial charge in [0.2, 0.25) is 0 Å². The maximum atomic E-state index is 11.6. The normalized spacial score (nSPS) is 14.1. The zero-order chi connectivity index (χ0) is 16.7. The van der Waals surface area contributed by atoms with E-state index in [9.17, 15) is 19.5 Å². The van der Waals surface area contributed by atoms with E-state index >= 15 is 0 Å². The van der Waals surface area contributed by atoms with Gasteiger partial charge in [0.15, 0.2) is 5.60 Å². The molecule has 0 amide bonds. The molecule has 7 heteroatoms. The fourth-order valence-corrected chi connectivity index (χ4v) is 1.45. The number of ether oxygens (including phenoxy) is 2. The van der Waals surface area contributed by atoms with Gasteiger partial charge in [0.1, 0.15) is 5.60 Å². The first-order chi connectivity index (χ1) is 9.50. The van der Waals surface area contributed by atoms with Crippen LogP contribution < -0.4 is 0 Å². The van der Waals surface area contributed by atoms with Crippen molar-refractivity contribution in [3.8, 4) is 0 Å². The first kappa shape index (κ1) is 19.4. The molecule has 0 heterocycles. The van der Waals surface area contributed by atoms with E-state index < -0.39 is 42.0 Å². The number of aliphatic carboxylic acids is 1. The summed E-state index contributed by atoms with van der Waals surface area (Å²) < 4.78 is 9.75. The fourth-order valence-electron chi connectivity index (χ4n) is 1.45. The van der Waals surface area contributed by atoms with Crippen molar-refractivity contribution in [2.75, 3.05) is 6.61 Å². The Labute approximate surface area is 124 Å². The number of hydrogen-bond acceptors (Lipinski definition) is 6. The summed E-state index contributed by atoms with van der Waals surface area (Å²) in [7, 11) is 0. The van der Waals surface area contributed by atoms with Crippen LogP contribution in [0.1, 0.15) is 53.4 Å². The second-order valence-corrected chi connectivity index (χ2v) is 5.85. The molecule has 122 valence electrons. The van der Waals surface area contributed by atoms with E-state index in [-0.39, 0.29) is 6.61 Å². The second kappa shape index (κ2) is 7.97. The lowest BCUT2D eigenvalue weighted by atomic mass is 9.95. The molecule has 0 rings (SSSR count). The van der Waals surface area contributed by atoms with Crippen molar-refractivity contribution < 1.29 is 34.1 Å². The summed E-state index contributed by atoms with van der Waals surface area (Å²) in [6.07, 6.45) is -0.161. The molecule has 0 aliphatic carbocycles. The minimum Gasteiger partial charge on any atom is -0.479 e. The Morgan fingerprint density at radius 3 is 2.00 bits per heavy atom. The molecule has 21 heavy (non-hydrogen) atoms. The number of hydrogen-bond donors (Lipinski definition) is 2. The van der Waals surface area contributed by atoms with Gasteiger partial charge in [-0.15, -0.1) is 0 Å². The number of carboxylic acid groups (broad SMARTS) is 1. The van der Waals surface area contributed by atoms with Gasteiger partial charge in [-0.25, -0.2) is 4.79 Å². The molecule has 0 aliphatic rings. The monoisotopic (exact) mass is 304 g/mol. The molecule has 1 unspecified atom stereocenters. The fraction of sp³-hybridized carbons (Fsp3) is 0.786. The minimum absolute atomic E-state index is 0.150. The minimum atomic E-state index is -2.52. The van der Waals surface area contributed by atoms with Crippen LogP contribution in [0.5, 0.6) is 0 Å². The van der Waals surface area contributed by atoms with E-state index in [1.807, 2.05) is 6.92 Å². The third kappa shape index (κ3) is 8.29. The summed E-state index contributed by atoms with van der Waals surface area (Å²) in [5.74, 6) is -3.42. The molecule has 2 N–H and O–H groups in total. The van der Waals surface area contributed by atoms with Crippen molar-refractivity contribution in [2.45, 2.75) is 64.6 Å². The van der Waals surface area contributed by atoms with Crippen LogP contribution in [0.3, 0.4) is 0 Å². The van der Waals surface area contributed by atoms with Gasteiger partial charge in [-0.3, -0.25) is 9.59 Å². The number of esters is 2. The highest BCUT2D eigenvalue weighted by atomic mass is 16.6. The van der Waals surface area contributed by atoms with Gasteiger partial charge in [-0.2, -0.15) is 0 Å². The molecule has 0 aromatic heterocycles. The van der Waals surface area contributed by atoms with Crippen molar-refractivity contribution >= 4 is 17.9 Å². The molecular formula is C14H24O7. The molecule has 0 saturated carbocycles. The molecule has 7 nitrogen and oxygen atoms in total. The summed E-state index contributed by atoms with van der Waals surface area (Å²) in [5.41, 5.74) is -3.33. The SMILES string of the molecule is CCCCOC(=O)CC(O)(CC(=O)OC(C)(C)C)C(=O)O. The smallest absolute Gasteiger partial charge is 0.336 e. The van der Waals surface area contributed by atoms with Gasteiger partial charge in [-0.05, 0) is 27.2 Å². The summed E-state index contributed by atoms with van der Waals surface area (Å²) in [5, 5.41) is 19.0. The summed E-state index contributed by atoms with van der Waals surface area (Å²) >= 11 is 0. The van der Waals surface area contributed by atoms with E-state index in [0.717, 1.165) is 6.42 Å². The Balaban J connectivity index is 4.66. The summed E-state index contributed by atoms with van der Waals surface area (Å²) in [6, 6.07) is 0. The average Bonchev–Trinajstić information content (AvgIpc) is 2.25. The third-order valence-electron chi connectivity index (χ3n) is 2.45. The maximum absolute atomic E-state index is 11.6. The quantitative estimate of drug-likeness (QED) is 0.513. The van der Waals surface area contributed by atoms with Crippen LogP contribution in [0, 0.1) is 0 Å². The summed E-state index contributed by atoms with van der Waals surface area (Å²) in [6.45, 7) is 6.90. The largest absolute Gasteiger partial charge is 0.479 e. The first-order valence-electron chi connectivity index (χ1n) is 6.83. The van der Waals surface area contributed by atoms with Crippen molar-refractivity contribution in [1.29, 1.82) is 0 Å². The third-order valence-corrected chi connectivity index (χ3v) is 2.45. The molecule has 0 spiro atoms. The molecule has 0 aromatic rings. The predicted molar refractivity (Wildman–Crippen MR) is 73.5 cm³/mol. The Hall–Kier alpha value is -1.63. The highest BCUT2D eigenvalue weighted by Gasteiger charge is 2.42. The molecule has 0 fully saturated rings. The predicted octanol–water partition coefficient (Wildman–Crippen LogP) is 1.27. The standard InChI is InChI=1S/C14H24O7/c1-5-6-7-20-10(15)8-14(19,12(17)18)9-11(16)21-13(2,3)4/h19H,5-9H2,1-4H3,(H,17,18). The van der Waals surface area contributed by atoms with Crippen LogP contribution in [0.2, 0.25) is 0 Å². The molecule has 0 bridgehead atoms. The van der Waals surface area contributed by atoms with E-state index in [1.54, 1.807) is 20.8 Å². The molecular weight excluding hydrogens is 280 g/mol. The summed E-state index contributed by atoms with van der Waals surface area (Å²) in [4.78, 5) is 34.3. The molecule has 0 saturated heterocycles. The number of unbranched alkanes of at least 4 members (excludes halogenated alkanes) is 1. The van der Waals surface area contributed by atoms with Crippen LogP contribution >= 0.6 is 0 Å². The Morgan fingerprint density at radius 1 is 1.05 bits per heavy atom. The van der Waals surface area contributed by atoms with Crippen LogP contribution in [0.25, 0.3) is 0 Å². The van der Waals surface area contributed by atoms with Crippen molar-refractivity contribution in [2.24, 2.45) is 0 Å². The molecule has 0 aliphatic heterocycles. The highest BCUT2D eigenvalue weighted by Crippen LogP contribution is 2.20. The lowest BCUT2D eigenvalue weighted by Gasteiger charge is -2.25. The maximum Gasteiger partial charge on any atom is 0.336 e. The van der Waals surface area contributed by atoms with Gasteiger partial charge < -0.3 is 19.7 Å². The second-order valence-electron chi connectivity index (χ2n) is 5.85. The Bertz CT molecular complexity index is 383.